The lowest BCUT2D eigenvalue weighted by atomic mass is 9.99. The highest BCUT2D eigenvalue weighted by Crippen LogP contribution is 2.26. The molecule has 0 spiro atoms. The van der Waals surface area contributed by atoms with E-state index in [9.17, 15) is 4.79 Å². The zero-order valence-corrected chi connectivity index (χ0v) is 11.8. The molecular formula is C12H23NO2S. The molecule has 1 heterocycles. The van der Waals surface area contributed by atoms with E-state index in [-0.39, 0.29) is 6.09 Å². The van der Waals surface area contributed by atoms with Crippen LogP contribution in [0.3, 0.4) is 0 Å². The van der Waals surface area contributed by atoms with Crippen molar-refractivity contribution in [3.8, 4) is 0 Å². The number of hydrogen-bond donors (Lipinski definition) is 0. The van der Waals surface area contributed by atoms with E-state index in [1.54, 1.807) is 0 Å². The molecule has 1 rings (SSSR count). The zero-order chi connectivity index (χ0) is 12.3. The van der Waals surface area contributed by atoms with Gasteiger partial charge in [0.1, 0.15) is 5.60 Å². The molecule has 1 amide bonds. The topological polar surface area (TPSA) is 29.5 Å². The van der Waals surface area contributed by atoms with Crippen molar-refractivity contribution in [1.29, 1.82) is 0 Å². The fourth-order valence-corrected chi connectivity index (χ4v) is 2.76. The Labute approximate surface area is 103 Å². The normalized spacial score (nSPS) is 26.7. The molecule has 1 saturated heterocycles. The van der Waals surface area contributed by atoms with E-state index in [1.807, 2.05) is 37.4 Å². The highest BCUT2D eigenvalue weighted by Gasteiger charge is 2.30. The molecule has 1 fully saturated rings. The molecule has 94 valence electrons. The van der Waals surface area contributed by atoms with Crippen LogP contribution in [0.25, 0.3) is 0 Å². The molecule has 0 N–H and O–H groups in total. The molecule has 0 aromatic carbocycles. The Kier molecular flexibility index (Phi) is 4.53. The maximum atomic E-state index is 11.9. The van der Waals surface area contributed by atoms with E-state index < -0.39 is 5.60 Å². The standard InChI is InChI=1S/C12H23NO2S/c1-9-6-7-13(8-10(9)16-5)11(14)15-12(2,3)4/h9-10H,6-8H2,1-5H3. The highest BCUT2D eigenvalue weighted by atomic mass is 32.2. The van der Waals surface area contributed by atoms with Crippen LogP contribution in [0, 0.1) is 5.92 Å². The zero-order valence-electron chi connectivity index (χ0n) is 10.9. The SMILES string of the molecule is CSC1CN(C(=O)OC(C)(C)C)CCC1C. The van der Waals surface area contributed by atoms with Crippen molar-refractivity contribution in [2.24, 2.45) is 5.92 Å². The third-order valence-electron chi connectivity index (χ3n) is 2.84. The molecule has 2 atom stereocenters. The van der Waals surface area contributed by atoms with Gasteiger partial charge in [-0.2, -0.15) is 11.8 Å². The Morgan fingerprint density at radius 3 is 2.56 bits per heavy atom. The van der Waals surface area contributed by atoms with Crippen LogP contribution >= 0.6 is 11.8 Å². The second kappa shape index (κ2) is 5.30. The number of thioether (sulfide) groups is 1. The summed E-state index contributed by atoms with van der Waals surface area (Å²) in [6.07, 6.45) is 3.02. The summed E-state index contributed by atoms with van der Waals surface area (Å²) >= 11 is 1.84. The lowest BCUT2D eigenvalue weighted by Gasteiger charge is -2.36. The average molecular weight is 245 g/mol. The number of carbonyl (C=O) groups excluding carboxylic acids is 1. The summed E-state index contributed by atoms with van der Waals surface area (Å²) in [7, 11) is 0. The maximum absolute atomic E-state index is 11.9. The summed E-state index contributed by atoms with van der Waals surface area (Å²) in [5.74, 6) is 0.689. The Bertz CT molecular complexity index is 250. The van der Waals surface area contributed by atoms with Crippen LogP contribution in [0.15, 0.2) is 0 Å². The van der Waals surface area contributed by atoms with Crippen LogP contribution < -0.4 is 0 Å². The molecule has 0 aliphatic carbocycles. The quantitative estimate of drug-likeness (QED) is 0.711. The van der Waals surface area contributed by atoms with Gasteiger partial charge in [-0.05, 0) is 39.4 Å². The van der Waals surface area contributed by atoms with Crippen LogP contribution in [0.2, 0.25) is 0 Å². The molecule has 0 bridgehead atoms. The van der Waals surface area contributed by atoms with Crippen molar-refractivity contribution in [3.63, 3.8) is 0 Å². The Morgan fingerprint density at radius 2 is 2.06 bits per heavy atom. The molecule has 16 heavy (non-hydrogen) atoms. The van der Waals surface area contributed by atoms with Gasteiger partial charge in [-0.1, -0.05) is 6.92 Å². The number of ether oxygens (including phenoxy) is 1. The molecule has 4 heteroatoms. The first-order valence-corrected chi connectivity index (χ1v) is 7.13. The minimum absolute atomic E-state index is 0.168. The number of rotatable bonds is 1. The first-order valence-electron chi connectivity index (χ1n) is 5.84. The van der Waals surface area contributed by atoms with Crippen LogP contribution in [0.5, 0.6) is 0 Å². The van der Waals surface area contributed by atoms with Crippen molar-refractivity contribution in [2.45, 2.75) is 45.0 Å². The average Bonchev–Trinajstić information content (AvgIpc) is 2.15. The highest BCUT2D eigenvalue weighted by molar-refractivity contribution is 7.99. The monoisotopic (exact) mass is 245 g/mol. The minimum Gasteiger partial charge on any atom is -0.444 e. The fraction of sp³-hybridized carbons (Fsp3) is 0.917. The van der Waals surface area contributed by atoms with E-state index in [1.165, 1.54) is 0 Å². The molecule has 0 saturated carbocycles. The third-order valence-corrected chi connectivity index (χ3v) is 4.06. The summed E-state index contributed by atoms with van der Waals surface area (Å²) in [6, 6.07) is 0. The Morgan fingerprint density at radius 1 is 1.44 bits per heavy atom. The van der Waals surface area contributed by atoms with Crippen molar-refractivity contribution >= 4 is 17.9 Å². The predicted molar refractivity (Wildman–Crippen MR) is 68.9 cm³/mol. The van der Waals surface area contributed by atoms with E-state index >= 15 is 0 Å². The van der Waals surface area contributed by atoms with Gasteiger partial charge in [0.15, 0.2) is 0 Å². The lowest BCUT2D eigenvalue weighted by Crippen LogP contribution is -2.46. The van der Waals surface area contributed by atoms with Crippen molar-refractivity contribution in [1.82, 2.24) is 4.90 Å². The molecule has 0 aromatic rings. The van der Waals surface area contributed by atoms with Crippen LogP contribution in [0.4, 0.5) is 4.79 Å². The van der Waals surface area contributed by atoms with E-state index in [4.69, 9.17) is 4.74 Å². The van der Waals surface area contributed by atoms with Crippen LogP contribution in [-0.2, 0) is 4.74 Å². The molecule has 1 aliphatic heterocycles. The van der Waals surface area contributed by atoms with Crippen LogP contribution in [-0.4, -0.2) is 41.2 Å². The Hall–Kier alpha value is -0.380. The van der Waals surface area contributed by atoms with Crippen LogP contribution in [0.1, 0.15) is 34.1 Å². The van der Waals surface area contributed by atoms with E-state index in [0.29, 0.717) is 11.2 Å². The second-order valence-corrected chi connectivity index (χ2v) is 6.54. The largest absolute Gasteiger partial charge is 0.444 e. The summed E-state index contributed by atoms with van der Waals surface area (Å²) in [6.45, 7) is 9.62. The second-order valence-electron chi connectivity index (χ2n) is 5.47. The molecule has 1 aliphatic rings. The number of hydrogen-bond acceptors (Lipinski definition) is 3. The van der Waals surface area contributed by atoms with E-state index in [2.05, 4.69) is 13.2 Å². The molecular weight excluding hydrogens is 222 g/mol. The predicted octanol–water partition coefficient (Wildman–Crippen LogP) is 2.99. The number of piperidine rings is 1. The van der Waals surface area contributed by atoms with Gasteiger partial charge in [-0.3, -0.25) is 0 Å². The lowest BCUT2D eigenvalue weighted by molar-refractivity contribution is 0.0197. The minimum atomic E-state index is -0.394. The van der Waals surface area contributed by atoms with Crippen molar-refractivity contribution in [3.05, 3.63) is 0 Å². The summed E-state index contributed by atoms with van der Waals surface area (Å²) in [5.41, 5.74) is -0.394. The summed E-state index contributed by atoms with van der Waals surface area (Å²) < 4.78 is 5.38. The number of nitrogens with zero attached hydrogens (tertiary/aromatic N) is 1. The Balaban J connectivity index is 2.52. The first kappa shape index (κ1) is 13.7. The number of likely N-dealkylation sites (tertiary alicyclic amines) is 1. The first-order chi connectivity index (χ1) is 7.33. The maximum Gasteiger partial charge on any atom is 0.410 e. The van der Waals surface area contributed by atoms with E-state index in [0.717, 1.165) is 19.5 Å². The fourth-order valence-electron chi connectivity index (χ4n) is 1.83. The number of carbonyl (C=O) groups is 1. The van der Waals surface area contributed by atoms with Gasteiger partial charge in [-0.15, -0.1) is 0 Å². The van der Waals surface area contributed by atoms with Crippen molar-refractivity contribution < 1.29 is 9.53 Å². The molecule has 0 aromatic heterocycles. The number of amides is 1. The van der Waals surface area contributed by atoms with Gasteiger partial charge in [0.25, 0.3) is 0 Å². The van der Waals surface area contributed by atoms with Gasteiger partial charge in [0.2, 0.25) is 0 Å². The van der Waals surface area contributed by atoms with Gasteiger partial charge in [-0.25, -0.2) is 4.79 Å². The van der Waals surface area contributed by atoms with Gasteiger partial charge < -0.3 is 9.64 Å². The summed E-state index contributed by atoms with van der Waals surface area (Å²) in [5, 5.41) is 0.543. The molecule has 3 nitrogen and oxygen atoms in total. The molecule has 2 unspecified atom stereocenters. The molecule has 0 radical (unpaired) electrons. The van der Waals surface area contributed by atoms with Crippen molar-refractivity contribution in [2.75, 3.05) is 19.3 Å². The third kappa shape index (κ3) is 3.89. The van der Waals surface area contributed by atoms with Gasteiger partial charge >= 0.3 is 6.09 Å². The smallest absolute Gasteiger partial charge is 0.410 e. The van der Waals surface area contributed by atoms with Gasteiger partial charge in [0.05, 0.1) is 0 Å². The van der Waals surface area contributed by atoms with Gasteiger partial charge in [0, 0.05) is 18.3 Å². The summed E-state index contributed by atoms with van der Waals surface area (Å²) in [4.78, 5) is 13.7.